The summed E-state index contributed by atoms with van der Waals surface area (Å²) in [7, 11) is 0. The minimum atomic E-state index is 0.333. The van der Waals surface area contributed by atoms with Gasteiger partial charge in [0, 0.05) is 25.0 Å². The molecule has 0 unspecified atom stereocenters. The quantitative estimate of drug-likeness (QED) is 0.703. The first kappa shape index (κ1) is 14.9. The second-order valence-electron chi connectivity index (χ2n) is 4.16. The summed E-state index contributed by atoms with van der Waals surface area (Å²) in [5.74, 6) is 0. The molecule has 1 heterocycles. The maximum absolute atomic E-state index is 5.55. The second-order valence-corrected chi connectivity index (χ2v) is 4.59. The van der Waals surface area contributed by atoms with E-state index >= 15 is 0 Å². The maximum Gasteiger partial charge on any atom is 0.122 e. The van der Waals surface area contributed by atoms with Gasteiger partial charge < -0.3 is 16.0 Å². The lowest BCUT2D eigenvalue weighted by atomic mass is 10.3. The molecule has 0 aliphatic rings. The van der Waals surface area contributed by atoms with Crippen molar-refractivity contribution in [2.75, 3.05) is 31.5 Å². The second kappa shape index (κ2) is 8.00. The van der Waals surface area contributed by atoms with Crippen LogP contribution in [0.4, 0.5) is 5.69 Å². The number of nitrogens with zero attached hydrogens (tertiary/aromatic N) is 2. The predicted octanol–water partition coefficient (Wildman–Crippen LogP) is 1.86. The molecule has 0 aromatic carbocycles. The molecular formula is C13H22N4S. The van der Waals surface area contributed by atoms with Gasteiger partial charge >= 0.3 is 0 Å². The van der Waals surface area contributed by atoms with Crippen molar-refractivity contribution in [2.24, 2.45) is 5.73 Å². The number of aromatic nitrogens is 1. The van der Waals surface area contributed by atoms with Crippen molar-refractivity contribution in [3.63, 3.8) is 0 Å². The van der Waals surface area contributed by atoms with Gasteiger partial charge in [0.15, 0.2) is 0 Å². The summed E-state index contributed by atoms with van der Waals surface area (Å²) in [6, 6.07) is 3.82. The highest BCUT2D eigenvalue weighted by Gasteiger charge is 2.02. The minimum Gasteiger partial charge on any atom is -0.388 e. The molecule has 0 fully saturated rings. The molecule has 0 aliphatic carbocycles. The summed E-state index contributed by atoms with van der Waals surface area (Å²) >= 11 is 4.91. The van der Waals surface area contributed by atoms with Crippen LogP contribution in [0.2, 0.25) is 0 Å². The molecule has 1 rings (SSSR count). The first-order valence-corrected chi connectivity index (χ1v) is 6.80. The summed E-state index contributed by atoms with van der Waals surface area (Å²) < 4.78 is 0. The fourth-order valence-electron chi connectivity index (χ4n) is 1.78. The summed E-state index contributed by atoms with van der Waals surface area (Å²) in [4.78, 5) is 6.86. The van der Waals surface area contributed by atoms with Crippen molar-refractivity contribution < 1.29 is 0 Å². The lowest BCUT2D eigenvalue weighted by Gasteiger charge is -2.19. The third-order valence-corrected chi connectivity index (χ3v) is 2.97. The van der Waals surface area contributed by atoms with E-state index in [9.17, 15) is 0 Å². The molecule has 0 amide bonds. The number of likely N-dealkylation sites (N-methyl/N-ethyl adjacent to an activating group) is 1. The number of nitrogens with two attached hydrogens (primary N) is 1. The monoisotopic (exact) mass is 266 g/mol. The van der Waals surface area contributed by atoms with Crippen molar-refractivity contribution in [1.29, 1.82) is 0 Å². The predicted molar refractivity (Wildman–Crippen MR) is 81.0 cm³/mol. The van der Waals surface area contributed by atoms with Crippen molar-refractivity contribution in [1.82, 2.24) is 9.88 Å². The van der Waals surface area contributed by atoms with Gasteiger partial charge in [-0.15, -0.1) is 0 Å². The van der Waals surface area contributed by atoms with E-state index in [-0.39, 0.29) is 0 Å². The molecule has 18 heavy (non-hydrogen) atoms. The topological polar surface area (TPSA) is 54.2 Å². The largest absolute Gasteiger partial charge is 0.388 e. The molecule has 3 N–H and O–H groups in total. The van der Waals surface area contributed by atoms with Crippen LogP contribution in [-0.2, 0) is 0 Å². The lowest BCUT2D eigenvalue weighted by Crippen LogP contribution is -2.29. The molecule has 0 atom stereocenters. The van der Waals surface area contributed by atoms with Crippen molar-refractivity contribution in [3.05, 3.63) is 24.0 Å². The van der Waals surface area contributed by atoms with Crippen LogP contribution in [-0.4, -0.2) is 41.1 Å². The van der Waals surface area contributed by atoms with Crippen molar-refractivity contribution >= 4 is 22.9 Å². The molecule has 5 heteroatoms. The van der Waals surface area contributed by atoms with Gasteiger partial charge in [-0.3, -0.25) is 4.98 Å². The van der Waals surface area contributed by atoms with Gasteiger partial charge in [-0.25, -0.2) is 0 Å². The van der Waals surface area contributed by atoms with Crippen LogP contribution in [0.25, 0.3) is 0 Å². The van der Waals surface area contributed by atoms with Crippen LogP contribution in [0.15, 0.2) is 18.3 Å². The number of rotatable bonds is 8. The molecule has 1 aromatic rings. The van der Waals surface area contributed by atoms with Crippen LogP contribution in [0.3, 0.4) is 0 Å². The zero-order chi connectivity index (χ0) is 13.4. The average Bonchev–Trinajstić information content (AvgIpc) is 2.38. The Morgan fingerprint density at radius 2 is 2.22 bits per heavy atom. The van der Waals surface area contributed by atoms with Crippen LogP contribution in [0.1, 0.15) is 26.0 Å². The van der Waals surface area contributed by atoms with E-state index in [0.29, 0.717) is 10.7 Å². The molecule has 0 bridgehead atoms. The molecule has 1 aromatic heterocycles. The third kappa shape index (κ3) is 4.98. The molecule has 0 aliphatic heterocycles. The third-order valence-electron chi connectivity index (χ3n) is 2.76. The highest BCUT2D eigenvalue weighted by molar-refractivity contribution is 7.80. The van der Waals surface area contributed by atoms with Crippen LogP contribution >= 0.6 is 12.2 Å². The lowest BCUT2D eigenvalue weighted by molar-refractivity contribution is 0.300. The SMILES string of the molecule is CCCN(CC)CCNc1ccnc(C(N)=S)c1. The Kier molecular flexibility index (Phi) is 6.60. The van der Waals surface area contributed by atoms with E-state index < -0.39 is 0 Å². The summed E-state index contributed by atoms with van der Waals surface area (Å²) in [6.45, 7) is 8.57. The summed E-state index contributed by atoms with van der Waals surface area (Å²) in [5, 5.41) is 3.37. The minimum absolute atomic E-state index is 0.333. The van der Waals surface area contributed by atoms with Gasteiger partial charge in [-0.2, -0.15) is 0 Å². The van der Waals surface area contributed by atoms with Crippen LogP contribution in [0, 0.1) is 0 Å². The van der Waals surface area contributed by atoms with Gasteiger partial charge in [0.1, 0.15) is 4.99 Å². The molecule has 100 valence electrons. The molecule has 0 radical (unpaired) electrons. The van der Waals surface area contributed by atoms with E-state index in [2.05, 4.69) is 29.0 Å². The Labute approximate surface area is 115 Å². The van der Waals surface area contributed by atoms with Gasteiger partial charge in [-0.05, 0) is 31.6 Å². The Hall–Kier alpha value is -1.20. The fraction of sp³-hybridized carbons (Fsp3) is 0.538. The van der Waals surface area contributed by atoms with E-state index in [4.69, 9.17) is 18.0 Å². The average molecular weight is 266 g/mol. The Bertz CT molecular complexity index is 381. The van der Waals surface area contributed by atoms with E-state index in [0.717, 1.165) is 31.9 Å². The number of anilines is 1. The molecule has 0 saturated heterocycles. The van der Waals surface area contributed by atoms with Gasteiger partial charge in [-0.1, -0.05) is 26.1 Å². The number of hydrogen-bond donors (Lipinski definition) is 2. The fourth-order valence-corrected chi connectivity index (χ4v) is 1.89. The summed E-state index contributed by atoms with van der Waals surface area (Å²) in [5.41, 5.74) is 7.23. The van der Waals surface area contributed by atoms with Gasteiger partial charge in [0.05, 0.1) is 5.69 Å². The zero-order valence-electron chi connectivity index (χ0n) is 11.1. The molecular weight excluding hydrogens is 244 g/mol. The van der Waals surface area contributed by atoms with Crippen molar-refractivity contribution in [2.45, 2.75) is 20.3 Å². The number of thiocarbonyl (C=S) groups is 1. The normalized spacial score (nSPS) is 10.6. The number of nitrogens with one attached hydrogen (secondary N) is 1. The first-order chi connectivity index (χ1) is 8.67. The standard InChI is InChI=1S/C13H22N4S/c1-3-8-17(4-2)9-7-15-11-5-6-16-12(10-11)13(14)18/h5-6,10H,3-4,7-9H2,1-2H3,(H2,14,18)(H,15,16). The number of pyridine rings is 1. The van der Waals surface area contributed by atoms with Gasteiger partial charge in [0.2, 0.25) is 0 Å². The first-order valence-electron chi connectivity index (χ1n) is 6.39. The van der Waals surface area contributed by atoms with Crippen LogP contribution < -0.4 is 11.1 Å². The maximum atomic E-state index is 5.55. The van der Waals surface area contributed by atoms with Crippen LogP contribution in [0.5, 0.6) is 0 Å². The highest BCUT2D eigenvalue weighted by atomic mass is 32.1. The Morgan fingerprint density at radius 1 is 1.44 bits per heavy atom. The summed E-state index contributed by atoms with van der Waals surface area (Å²) in [6.07, 6.45) is 2.91. The molecule has 0 saturated carbocycles. The molecule has 0 spiro atoms. The smallest absolute Gasteiger partial charge is 0.122 e. The Morgan fingerprint density at radius 3 is 2.83 bits per heavy atom. The van der Waals surface area contributed by atoms with E-state index in [1.807, 2.05) is 12.1 Å². The van der Waals surface area contributed by atoms with Crippen molar-refractivity contribution in [3.8, 4) is 0 Å². The van der Waals surface area contributed by atoms with E-state index in [1.54, 1.807) is 6.20 Å². The highest BCUT2D eigenvalue weighted by Crippen LogP contribution is 2.07. The zero-order valence-corrected chi connectivity index (χ0v) is 12.0. The van der Waals surface area contributed by atoms with E-state index in [1.165, 1.54) is 6.42 Å². The van der Waals surface area contributed by atoms with Gasteiger partial charge in [0.25, 0.3) is 0 Å². The number of hydrogen-bond acceptors (Lipinski definition) is 4. The molecule has 4 nitrogen and oxygen atoms in total. The Balaban J connectivity index is 2.43.